The average molecular weight is 266 g/mol. The molecule has 1 fully saturated rings. The highest BCUT2D eigenvalue weighted by Crippen LogP contribution is 2.22. The van der Waals surface area contributed by atoms with Crippen LogP contribution >= 0.6 is 11.3 Å². The van der Waals surface area contributed by atoms with Gasteiger partial charge in [0.15, 0.2) is 0 Å². The van der Waals surface area contributed by atoms with Crippen molar-refractivity contribution < 1.29 is 4.79 Å². The second-order valence-corrected chi connectivity index (χ2v) is 6.11. The van der Waals surface area contributed by atoms with E-state index in [9.17, 15) is 4.79 Å². The molecule has 0 spiro atoms. The van der Waals surface area contributed by atoms with Crippen LogP contribution in [0.4, 0.5) is 0 Å². The normalized spacial score (nSPS) is 19.1. The molecule has 1 unspecified atom stereocenters. The Hall–Kier alpha value is -0.870. The zero-order chi connectivity index (χ0) is 13.0. The molecule has 100 valence electrons. The summed E-state index contributed by atoms with van der Waals surface area (Å²) in [6, 6.07) is 2.01. The lowest BCUT2D eigenvalue weighted by Crippen LogP contribution is -2.25. The van der Waals surface area contributed by atoms with Crippen molar-refractivity contribution in [1.29, 1.82) is 0 Å². The molecule has 0 saturated carbocycles. The van der Waals surface area contributed by atoms with Crippen LogP contribution in [0.15, 0.2) is 6.07 Å². The van der Waals surface area contributed by atoms with Crippen molar-refractivity contribution in [3.8, 4) is 0 Å². The fourth-order valence-corrected chi connectivity index (χ4v) is 3.45. The number of hydrogen-bond donors (Lipinski definition) is 2. The monoisotopic (exact) mass is 266 g/mol. The van der Waals surface area contributed by atoms with Crippen molar-refractivity contribution in [2.24, 2.45) is 5.92 Å². The number of nitrogens with one attached hydrogen (secondary N) is 2. The van der Waals surface area contributed by atoms with Crippen LogP contribution in [0.1, 0.15) is 39.9 Å². The molecule has 0 aromatic carbocycles. The molecule has 4 heteroatoms. The first-order valence-corrected chi connectivity index (χ1v) is 7.60. The minimum Gasteiger partial charge on any atom is -0.351 e. The van der Waals surface area contributed by atoms with Gasteiger partial charge in [0.2, 0.25) is 0 Å². The number of hydrogen-bond acceptors (Lipinski definition) is 3. The predicted molar refractivity (Wildman–Crippen MR) is 76.4 cm³/mol. The summed E-state index contributed by atoms with van der Waals surface area (Å²) in [6.07, 6.45) is 3.34. The van der Waals surface area contributed by atoms with E-state index in [1.54, 1.807) is 11.3 Å². The summed E-state index contributed by atoms with van der Waals surface area (Å²) in [5.74, 6) is 0.829. The quantitative estimate of drug-likeness (QED) is 0.859. The Morgan fingerprint density at radius 3 is 3.06 bits per heavy atom. The number of thiophene rings is 1. The van der Waals surface area contributed by atoms with Gasteiger partial charge in [0.1, 0.15) is 0 Å². The Labute approximate surface area is 113 Å². The molecule has 2 heterocycles. The molecule has 0 aliphatic carbocycles. The maximum Gasteiger partial charge on any atom is 0.261 e. The van der Waals surface area contributed by atoms with Gasteiger partial charge in [-0.2, -0.15) is 0 Å². The first-order valence-electron chi connectivity index (χ1n) is 6.79. The van der Waals surface area contributed by atoms with Crippen LogP contribution < -0.4 is 10.6 Å². The Bertz CT molecular complexity index is 408. The highest BCUT2D eigenvalue weighted by atomic mass is 32.1. The van der Waals surface area contributed by atoms with Crippen molar-refractivity contribution >= 4 is 17.2 Å². The first-order chi connectivity index (χ1) is 8.70. The zero-order valence-electron chi connectivity index (χ0n) is 11.2. The average Bonchev–Trinajstić information content (AvgIpc) is 2.98. The molecule has 1 aromatic rings. The molecule has 1 saturated heterocycles. The smallest absolute Gasteiger partial charge is 0.261 e. The molecule has 1 aromatic heterocycles. The lowest BCUT2D eigenvalue weighted by Gasteiger charge is -2.08. The summed E-state index contributed by atoms with van der Waals surface area (Å²) in [4.78, 5) is 14.2. The second-order valence-electron chi connectivity index (χ2n) is 4.97. The number of rotatable bonds is 5. The van der Waals surface area contributed by atoms with Crippen molar-refractivity contribution in [1.82, 2.24) is 10.6 Å². The van der Waals surface area contributed by atoms with E-state index in [0.29, 0.717) is 0 Å². The summed E-state index contributed by atoms with van der Waals surface area (Å²) in [7, 11) is 0. The Morgan fingerprint density at radius 1 is 1.61 bits per heavy atom. The fraction of sp³-hybridized carbons (Fsp3) is 0.643. The number of carbonyl (C=O) groups is 1. The summed E-state index contributed by atoms with van der Waals surface area (Å²) in [5, 5.41) is 6.38. The van der Waals surface area contributed by atoms with Gasteiger partial charge in [0.05, 0.1) is 4.88 Å². The summed E-state index contributed by atoms with van der Waals surface area (Å²) in [6.45, 7) is 7.24. The Kier molecular flexibility index (Phi) is 4.78. The fourth-order valence-electron chi connectivity index (χ4n) is 2.42. The van der Waals surface area contributed by atoms with Crippen molar-refractivity contribution in [2.75, 3.05) is 19.6 Å². The van der Waals surface area contributed by atoms with Gasteiger partial charge in [-0.1, -0.05) is 6.92 Å². The van der Waals surface area contributed by atoms with Gasteiger partial charge in [-0.05, 0) is 56.8 Å². The molecule has 1 aliphatic heterocycles. The molecule has 1 aliphatic rings. The van der Waals surface area contributed by atoms with Crippen LogP contribution in [0.3, 0.4) is 0 Å². The van der Waals surface area contributed by atoms with E-state index in [4.69, 9.17) is 0 Å². The van der Waals surface area contributed by atoms with E-state index < -0.39 is 0 Å². The number of aryl methyl sites for hydroxylation is 2. The summed E-state index contributed by atoms with van der Waals surface area (Å²) >= 11 is 1.63. The third kappa shape index (κ3) is 3.33. The van der Waals surface area contributed by atoms with Crippen LogP contribution in [0.2, 0.25) is 0 Å². The molecule has 1 atom stereocenters. The lowest BCUT2D eigenvalue weighted by atomic mass is 10.1. The van der Waals surface area contributed by atoms with E-state index in [0.717, 1.165) is 43.3 Å². The van der Waals surface area contributed by atoms with Gasteiger partial charge in [-0.3, -0.25) is 4.79 Å². The summed E-state index contributed by atoms with van der Waals surface area (Å²) in [5.41, 5.74) is 1.24. The van der Waals surface area contributed by atoms with Gasteiger partial charge in [-0.15, -0.1) is 11.3 Å². The molecule has 1 amide bonds. The molecule has 0 bridgehead atoms. The molecule has 3 nitrogen and oxygen atoms in total. The van der Waals surface area contributed by atoms with Gasteiger partial charge in [-0.25, -0.2) is 0 Å². The molecular formula is C14H22N2OS. The topological polar surface area (TPSA) is 41.1 Å². The maximum atomic E-state index is 12.0. The molecule has 2 N–H and O–H groups in total. The van der Waals surface area contributed by atoms with Gasteiger partial charge < -0.3 is 10.6 Å². The molecule has 2 rings (SSSR count). The number of amides is 1. The highest BCUT2D eigenvalue weighted by molar-refractivity contribution is 7.14. The third-order valence-corrected chi connectivity index (χ3v) is 4.95. The SMILES string of the molecule is CCc1sc(C(=O)NCCC2CCNC2)cc1C. The van der Waals surface area contributed by atoms with Crippen molar-refractivity contribution in [3.63, 3.8) is 0 Å². The van der Waals surface area contributed by atoms with Crippen LogP contribution in [-0.2, 0) is 6.42 Å². The number of carbonyl (C=O) groups excluding carboxylic acids is 1. The Balaban J connectivity index is 1.79. The van der Waals surface area contributed by atoms with Crippen LogP contribution in [0.25, 0.3) is 0 Å². The molecule has 0 radical (unpaired) electrons. The van der Waals surface area contributed by atoms with Gasteiger partial charge in [0, 0.05) is 11.4 Å². The third-order valence-electron chi connectivity index (χ3n) is 3.57. The van der Waals surface area contributed by atoms with Gasteiger partial charge in [0.25, 0.3) is 5.91 Å². The Morgan fingerprint density at radius 2 is 2.44 bits per heavy atom. The van der Waals surface area contributed by atoms with Crippen LogP contribution in [0.5, 0.6) is 0 Å². The van der Waals surface area contributed by atoms with Crippen LogP contribution in [0, 0.1) is 12.8 Å². The molecular weight excluding hydrogens is 244 g/mol. The maximum absolute atomic E-state index is 12.0. The van der Waals surface area contributed by atoms with E-state index in [-0.39, 0.29) is 5.91 Å². The van der Waals surface area contributed by atoms with Crippen LogP contribution in [-0.4, -0.2) is 25.5 Å². The second kappa shape index (κ2) is 6.34. The van der Waals surface area contributed by atoms with Gasteiger partial charge >= 0.3 is 0 Å². The van der Waals surface area contributed by atoms with E-state index >= 15 is 0 Å². The minimum atomic E-state index is 0.0914. The predicted octanol–water partition coefficient (Wildman–Crippen LogP) is 2.35. The zero-order valence-corrected chi connectivity index (χ0v) is 12.0. The summed E-state index contributed by atoms with van der Waals surface area (Å²) < 4.78 is 0. The molecule has 18 heavy (non-hydrogen) atoms. The van der Waals surface area contributed by atoms with E-state index in [1.165, 1.54) is 16.9 Å². The van der Waals surface area contributed by atoms with E-state index in [2.05, 4.69) is 24.5 Å². The standard InChI is InChI=1S/C14H22N2OS/c1-3-12-10(2)8-13(18-12)14(17)16-7-5-11-4-6-15-9-11/h8,11,15H,3-7,9H2,1-2H3,(H,16,17). The van der Waals surface area contributed by atoms with Crippen molar-refractivity contribution in [2.45, 2.75) is 33.1 Å². The van der Waals surface area contributed by atoms with Crippen molar-refractivity contribution in [3.05, 3.63) is 21.4 Å². The van der Waals surface area contributed by atoms with E-state index in [1.807, 2.05) is 6.07 Å². The largest absolute Gasteiger partial charge is 0.351 e. The first kappa shape index (κ1) is 13.6. The highest BCUT2D eigenvalue weighted by Gasteiger charge is 2.15. The lowest BCUT2D eigenvalue weighted by molar-refractivity contribution is 0.0955. The minimum absolute atomic E-state index is 0.0914.